The maximum absolute atomic E-state index is 4.08. The maximum Gasteiger partial charge on any atom is 0.0346 e. The molecule has 0 fully saturated rings. The van der Waals surface area contributed by atoms with Crippen molar-refractivity contribution in [1.82, 2.24) is 4.98 Å². The van der Waals surface area contributed by atoms with E-state index in [-0.39, 0.29) is 0 Å². The van der Waals surface area contributed by atoms with Gasteiger partial charge < -0.3 is 0 Å². The number of benzene rings is 1. The molecule has 0 aliphatic rings. The zero-order chi connectivity index (χ0) is 11.1. The van der Waals surface area contributed by atoms with Crippen LogP contribution in [0.4, 0.5) is 0 Å². The highest BCUT2D eigenvalue weighted by Gasteiger charge is 1.96. The van der Waals surface area contributed by atoms with Crippen molar-refractivity contribution in [1.29, 1.82) is 0 Å². The summed E-state index contributed by atoms with van der Waals surface area (Å²) in [6.07, 6.45) is 3.64. The van der Waals surface area contributed by atoms with E-state index in [1.54, 1.807) is 6.20 Å². The lowest BCUT2D eigenvalue weighted by molar-refractivity contribution is 1.33. The van der Waals surface area contributed by atoms with E-state index in [4.69, 9.17) is 0 Å². The molecule has 2 aromatic rings. The van der Waals surface area contributed by atoms with Gasteiger partial charge in [0, 0.05) is 22.4 Å². The molecule has 2 rings (SSSR count). The van der Waals surface area contributed by atoms with Gasteiger partial charge in [-0.05, 0) is 23.8 Å². The van der Waals surface area contributed by atoms with Crippen LogP contribution in [0.5, 0.6) is 0 Å². The first kappa shape index (κ1) is 11.9. The van der Waals surface area contributed by atoms with Crippen LogP contribution in [-0.2, 0) is 0 Å². The van der Waals surface area contributed by atoms with E-state index in [1.165, 1.54) is 5.56 Å². The Balaban J connectivity index is 0.000000531. The zero-order valence-electron chi connectivity index (χ0n) is 8.94. The van der Waals surface area contributed by atoms with Crippen molar-refractivity contribution in [3.8, 4) is 11.1 Å². The van der Waals surface area contributed by atoms with Crippen LogP contribution in [0.3, 0.4) is 0 Å². The normalized spacial score (nSPS) is 9.00. The van der Waals surface area contributed by atoms with E-state index < -0.39 is 0 Å². The number of rotatable bonds is 1. The van der Waals surface area contributed by atoms with Crippen LogP contribution in [-0.4, -0.2) is 4.98 Å². The third-order valence-corrected chi connectivity index (χ3v) is 2.31. The van der Waals surface area contributed by atoms with Crippen molar-refractivity contribution in [3.05, 3.63) is 53.3 Å². The second kappa shape index (κ2) is 6.36. The van der Waals surface area contributed by atoms with Crippen molar-refractivity contribution in [2.45, 2.75) is 13.8 Å². The van der Waals surface area contributed by atoms with Crippen LogP contribution in [0.1, 0.15) is 13.8 Å². The molecule has 0 amide bonds. The Kier molecular flexibility index (Phi) is 5.05. The molecular weight excluding hydrogens is 250 g/mol. The summed E-state index contributed by atoms with van der Waals surface area (Å²) in [5.41, 5.74) is 2.33. The van der Waals surface area contributed by atoms with Crippen molar-refractivity contribution < 1.29 is 0 Å². The monoisotopic (exact) mass is 263 g/mol. The summed E-state index contributed by atoms with van der Waals surface area (Å²) in [7, 11) is 0. The fourth-order valence-corrected chi connectivity index (χ4v) is 1.60. The molecule has 15 heavy (non-hydrogen) atoms. The molecular formula is C13H14BrN. The first-order chi connectivity index (χ1) is 7.36. The van der Waals surface area contributed by atoms with Crippen molar-refractivity contribution >= 4 is 15.9 Å². The van der Waals surface area contributed by atoms with Gasteiger partial charge in [-0.25, -0.2) is 0 Å². The number of pyridine rings is 1. The Bertz CT molecular complexity index is 398. The Hall–Kier alpha value is -1.15. The van der Waals surface area contributed by atoms with E-state index in [0.29, 0.717) is 0 Å². The van der Waals surface area contributed by atoms with Gasteiger partial charge in [-0.3, -0.25) is 4.98 Å². The molecule has 1 aromatic heterocycles. The van der Waals surface area contributed by atoms with Crippen LogP contribution < -0.4 is 0 Å². The summed E-state index contributed by atoms with van der Waals surface area (Å²) >= 11 is 3.44. The average molecular weight is 264 g/mol. The lowest BCUT2D eigenvalue weighted by Gasteiger charge is -2.00. The highest BCUT2D eigenvalue weighted by atomic mass is 79.9. The van der Waals surface area contributed by atoms with Gasteiger partial charge >= 0.3 is 0 Å². The Morgan fingerprint density at radius 3 is 2.33 bits per heavy atom. The molecule has 1 nitrogen and oxygen atoms in total. The first-order valence-corrected chi connectivity index (χ1v) is 5.81. The van der Waals surface area contributed by atoms with E-state index in [0.717, 1.165) is 10.0 Å². The SMILES string of the molecule is Brc1cccc(-c2cccnc2)c1.CC. The second-order valence-corrected chi connectivity index (χ2v) is 3.67. The molecule has 1 heterocycles. The highest BCUT2D eigenvalue weighted by Crippen LogP contribution is 2.21. The average Bonchev–Trinajstić information content (AvgIpc) is 2.33. The van der Waals surface area contributed by atoms with Crippen LogP contribution in [0, 0.1) is 0 Å². The molecule has 0 atom stereocenters. The van der Waals surface area contributed by atoms with Gasteiger partial charge in [0.1, 0.15) is 0 Å². The molecule has 0 aliphatic carbocycles. The van der Waals surface area contributed by atoms with E-state index >= 15 is 0 Å². The van der Waals surface area contributed by atoms with Crippen molar-refractivity contribution in [2.24, 2.45) is 0 Å². The summed E-state index contributed by atoms with van der Waals surface area (Å²) in [6.45, 7) is 4.00. The summed E-state index contributed by atoms with van der Waals surface area (Å²) in [4.78, 5) is 4.08. The van der Waals surface area contributed by atoms with Gasteiger partial charge in [0.2, 0.25) is 0 Å². The number of nitrogens with zero attached hydrogens (tertiary/aromatic N) is 1. The molecule has 0 saturated heterocycles. The van der Waals surface area contributed by atoms with Crippen LogP contribution in [0.2, 0.25) is 0 Å². The van der Waals surface area contributed by atoms with Crippen molar-refractivity contribution in [2.75, 3.05) is 0 Å². The number of halogens is 1. The van der Waals surface area contributed by atoms with Gasteiger partial charge in [0.25, 0.3) is 0 Å². The number of hydrogen-bond acceptors (Lipinski definition) is 1. The lowest BCUT2D eigenvalue weighted by Crippen LogP contribution is -1.78. The molecule has 0 radical (unpaired) electrons. The molecule has 0 saturated carbocycles. The third kappa shape index (κ3) is 3.48. The minimum Gasteiger partial charge on any atom is -0.264 e. The quantitative estimate of drug-likeness (QED) is 0.737. The molecule has 0 spiro atoms. The maximum atomic E-state index is 4.08. The highest BCUT2D eigenvalue weighted by molar-refractivity contribution is 9.10. The Morgan fingerprint density at radius 1 is 1.00 bits per heavy atom. The molecule has 0 bridgehead atoms. The minimum absolute atomic E-state index is 1.09. The number of hydrogen-bond donors (Lipinski definition) is 0. The minimum atomic E-state index is 1.09. The molecule has 0 aliphatic heterocycles. The van der Waals surface area contributed by atoms with Crippen LogP contribution >= 0.6 is 15.9 Å². The molecule has 1 aromatic carbocycles. The Morgan fingerprint density at radius 2 is 1.73 bits per heavy atom. The molecule has 0 unspecified atom stereocenters. The molecule has 78 valence electrons. The van der Waals surface area contributed by atoms with Gasteiger partial charge in [0.15, 0.2) is 0 Å². The number of aromatic nitrogens is 1. The molecule has 2 heteroatoms. The fourth-order valence-electron chi connectivity index (χ4n) is 1.20. The summed E-state index contributed by atoms with van der Waals surface area (Å²) in [5, 5.41) is 0. The van der Waals surface area contributed by atoms with Gasteiger partial charge in [0.05, 0.1) is 0 Å². The lowest BCUT2D eigenvalue weighted by atomic mass is 10.1. The summed E-state index contributed by atoms with van der Waals surface area (Å²) in [6, 6.07) is 12.2. The smallest absolute Gasteiger partial charge is 0.0346 e. The predicted octanol–water partition coefficient (Wildman–Crippen LogP) is 4.54. The van der Waals surface area contributed by atoms with Crippen LogP contribution in [0.25, 0.3) is 11.1 Å². The first-order valence-electron chi connectivity index (χ1n) is 5.02. The van der Waals surface area contributed by atoms with Gasteiger partial charge in [-0.2, -0.15) is 0 Å². The largest absolute Gasteiger partial charge is 0.264 e. The van der Waals surface area contributed by atoms with E-state index in [9.17, 15) is 0 Å². The van der Waals surface area contributed by atoms with Crippen LogP contribution in [0.15, 0.2) is 53.3 Å². The third-order valence-electron chi connectivity index (χ3n) is 1.82. The summed E-state index contributed by atoms with van der Waals surface area (Å²) in [5.74, 6) is 0. The van der Waals surface area contributed by atoms with E-state index in [2.05, 4.69) is 39.1 Å². The predicted molar refractivity (Wildman–Crippen MR) is 68.7 cm³/mol. The second-order valence-electron chi connectivity index (χ2n) is 2.75. The van der Waals surface area contributed by atoms with Crippen molar-refractivity contribution in [3.63, 3.8) is 0 Å². The zero-order valence-corrected chi connectivity index (χ0v) is 10.5. The molecule has 0 N–H and O–H groups in total. The fraction of sp³-hybridized carbons (Fsp3) is 0.154. The van der Waals surface area contributed by atoms with E-state index in [1.807, 2.05) is 38.2 Å². The standard InChI is InChI=1S/C11H8BrN.C2H6/c12-11-5-1-3-9(7-11)10-4-2-6-13-8-10;1-2/h1-8H;1-2H3. The topological polar surface area (TPSA) is 12.9 Å². The Labute approximate surface area is 99.3 Å². The van der Waals surface area contributed by atoms with Gasteiger partial charge in [-0.1, -0.05) is 48.0 Å². The summed E-state index contributed by atoms with van der Waals surface area (Å²) < 4.78 is 1.09. The van der Waals surface area contributed by atoms with Gasteiger partial charge in [-0.15, -0.1) is 0 Å².